The maximum absolute atomic E-state index is 11.8. The standard InChI is InChI=1S/C18H28N2O5/c1-14(21)19-15-6-8-16(9-7-15)24-13-12-23-11-10-20(5)17(22)25-18(2,3)4/h6-9H,10-13H2,1-5H3,(H,19,21). The van der Waals surface area contributed by atoms with Crippen LogP contribution in [0.25, 0.3) is 0 Å². The Kier molecular flexibility index (Phi) is 8.21. The molecule has 0 bridgehead atoms. The summed E-state index contributed by atoms with van der Waals surface area (Å²) in [6.07, 6.45) is -0.369. The van der Waals surface area contributed by atoms with Gasteiger partial charge in [-0.2, -0.15) is 0 Å². The van der Waals surface area contributed by atoms with E-state index >= 15 is 0 Å². The van der Waals surface area contributed by atoms with Gasteiger partial charge in [0.05, 0.1) is 13.2 Å². The van der Waals surface area contributed by atoms with E-state index in [4.69, 9.17) is 14.2 Å². The van der Waals surface area contributed by atoms with Crippen LogP contribution in [0.5, 0.6) is 5.75 Å². The highest BCUT2D eigenvalue weighted by molar-refractivity contribution is 5.88. The summed E-state index contributed by atoms with van der Waals surface area (Å²) in [7, 11) is 1.67. The fourth-order valence-corrected chi connectivity index (χ4v) is 1.79. The number of likely N-dealkylation sites (N-methyl/N-ethyl adjacent to an activating group) is 1. The van der Waals surface area contributed by atoms with E-state index in [-0.39, 0.29) is 12.0 Å². The van der Waals surface area contributed by atoms with Crippen LogP contribution in [0.4, 0.5) is 10.5 Å². The van der Waals surface area contributed by atoms with E-state index in [9.17, 15) is 9.59 Å². The minimum Gasteiger partial charge on any atom is -0.491 e. The van der Waals surface area contributed by atoms with Crippen molar-refractivity contribution >= 4 is 17.7 Å². The second-order valence-corrected chi connectivity index (χ2v) is 6.57. The molecule has 7 heteroatoms. The minimum atomic E-state index is -0.504. The van der Waals surface area contributed by atoms with E-state index in [1.807, 2.05) is 20.8 Å². The second-order valence-electron chi connectivity index (χ2n) is 6.57. The number of hydrogen-bond donors (Lipinski definition) is 1. The maximum atomic E-state index is 11.8. The largest absolute Gasteiger partial charge is 0.491 e. The first-order chi connectivity index (χ1) is 11.7. The van der Waals surface area contributed by atoms with Crippen LogP contribution in [0.3, 0.4) is 0 Å². The Hall–Kier alpha value is -2.28. The van der Waals surface area contributed by atoms with Crippen LogP contribution in [0.15, 0.2) is 24.3 Å². The molecule has 1 N–H and O–H groups in total. The van der Waals surface area contributed by atoms with Gasteiger partial charge in [0, 0.05) is 26.2 Å². The third-order valence-corrected chi connectivity index (χ3v) is 2.95. The monoisotopic (exact) mass is 352 g/mol. The van der Waals surface area contributed by atoms with E-state index in [2.05, 4.69) is 5.32 Å². The summed E-state index contributed by atoms with van der Waals surface area (Å²) < 4.78 is 16.2. The van der Waals surface area contributed by atoms with Crippen LogP contribution in [-0.4, -0.2) is 55.9 Å². The van der Waals surface area contributed by atoms with Crippen LogP contribution in [0.1, 0.15) is 27.7 Å². The number of ether oxygens (including phenoxy) is 3. The summed E-state index contributed by atoms with van der Waals surface area (Å²) in [5.41, 5.74) is 0.219. The molecule has 0 radical (unpaired) electrons. The lowest BCUT2D eigenvalue weighted by atomic mass is 10.2. The molecule has 0 aliphatic heterocycles. The lowest BCUT2D eigenvalue weighted by Gasteiger charge is -2.24. The molecular formula is C18H28N2O5. The van der Waals surface area contributed by atoms with Crippen molar-refractivity contribution in [3.8, 4) is 5.75 Å². The van der Waals surface area contributed by atoms with Crippen LogP contribution in [0.2, 0.25) is 0 Å². The molecule has 0 spiro atoms. The quantitative estimate of drug-likeness (QED) is 0.728. The number of carbonyl (C=O) groups excluding carboxylic acids is 2. The Bertz CT molecular complexity index is 552. The summed E-state index contributed by atoms with van der Waals surface area (Å²) in [6, 6.07) is 7.10. The molecule has 0 aliphatic carbocycles. The first-order valence-electron chi connectivity index (χ1n) is 8.20. The fourth-order valence-electron chi connectivity index (χ4n) is 1.79. The Balaban J connectivity index is 2.15. The summed E-state index contributed by atoms with van der Waals surface area (Å²) in [5, 5.41) is 2.69. The number of hydrogen-bond acceptors (Lipinski definition) is 5. The first kappa shape index (κ1) is 20.8. The van der Waals surface area contributed by atoms with Crippen LogP contribution in [0, 0.1) is 0 Å². The zero-order chi connectivity index (χ0) is 18.9. The molecule has 1 aromatic rings. The number of rotatable bonds is 8. The second kappa shape index (κ2) is 9.88. The number of anilines is 1. The van der Waals surface area contributed by atoms with Gasteiger partial charge in [0.1, 0.15) is 18.0 Å². The SMILES string of the molecule is CC(=O)Nc1ccc(OCCOCCN(C)C(=O)OC(C)(C)C)cc1. The van der Waals surface area contributed by atoms with Gasteiger partial charge in [-0.15, -0.1) is 0 Å². The van der Waals surface area contributed by atoms with Crippen molar-refractivity contribution in [1.29, 1.82) is 0 Å². The molecular weight excluding hydrogens is 324 g/mol. The van der Waals surface area contributed by atoms with Gasteiger partial charge in [-0.3, -0.25) is 4.79 Å². The minimum absolute atomic E-state index is 0.113. The predicted molar refractivity (Wildman–Crippen MR) is 95.9 cm³/mol. The molecule has 0 saturated carbocycles. The van der Waals surface area contributed by atoms with Crippen molar-refractivity contribution in [2.24, 2.45) is 0 Å². The Morgan fingerprint density at radius 3 is 2.28 bits per heavy atom. The normalized spacial score (nSPS) is 10.9. The number of benzene rings is 1. The fraction of sp³-hybridized carbons (Fsp3) is 0.556. The van der Waals surface area contributed by atoms with Gasteiger partial charge < -0.3 is 24.4 Å². The smallest absolute Gasteiger partial charge is 0.410 e. The van der Waals surface area contributed by atoms with Crippen molar-refractivity contribution in [2.75, 3.05) is 38.7 Å². The van der Waals surface area contributed by atoms with Gasteiger partial charge in [0.25, 0.3) is 0 Å². The van der Waals surface area contributed by atoms with Gasteiger partial charge in [0.2, 0.25) is 5.91 Å². The molecule has 1 rings (SSSR count). The molecule has 0 fully saturated rings. The van der Waals surface area contributed by atoms with Crippen LogP contribution >= 0.6 is 0 Å². The lowest BCUT2D eigenvalue weighted by Crippen LogP contribution is -2.36. The average molecular weight is 352 g/mol. The van der Waals surface area contributed by atoms with Gasteiger partial charge in [-0.25, -0.2) is 4.79 Å². The molecule has 25 heavy (non-hydrogen) atoms. The molecule has 140 valence electrons. The van der Waals surface area contributed by atoms with Crippen LogP contribution in [-0.2, 0) is 14.3 Å². The Morgan fingerprint density at radius 2 is 1.72 bits per heavy atom. The van der Waals surface area contributed by atoms with Crippen molar-refractivity contribution in [3.05, 3.63) is 24.3 Å². The van der Waals surface area contributed by atoms with Crippen molar-refractivity contribution in [1.82, 2.24) is 4.90 Å². The number of amides is 2. The number of nitrogens with zero attached hydrogens (tertiary/aromatic N) is 1. The summed E-state index contributed by atoms with van der Waals surface area (Å²) in [6.45, 7) is 8.61. The molecule has 0 saturated heterocycles. The highest BCUT2D eigenvalue weighted by Crippen LogP contribution is 2.15. The molecule has 0 atom stereocenters. The third kappa shape index (κ3) is 9.56. The number of carbonyl (C=O) groups is 2. The van der Waals surface area contributed by atoms with Crippen molar-refractivity contribution in [2.45, 2.75) is 33.3 Å². The predicted octanol–water partition coefficient (Wildman–Crippen LogP) is 2.91. The number of nitrogens with one attached hydrogen (secondary N) is 1. The molecule has 0 unspecified atom stereocenters. The van der Waals surface area contributed by atoms with Crippen molar-refractivity contribution in [3.63, 3.8) is 0 Å². The highest BCUT2D eigenvalue weighted by Gasteiger charge is 2.19. The molecule has 0 aliphatic rings. The molecule has 7 nitrogen and oxygen atoms in total. The Labute approximate surface area is 149 Å². The highest BCUT2D eigenvalue weighted by atomic mass is 16.6. The van der Waals surface area contributed by atoms with Gasteiger partial charge >= 0.3 is 6.09 Å². The van der Waals surface area contributed by atoms with Gasteiger partial charge in [-0.05, 0) is 45.0 Å². The summed E-state index contributed by atoms with van der Waals surface area (Å²) >= 11 is 0. The topological polar surface area (TPSA) is 77.1 Å². The van der Waals surface area contributed by atoms with Crippen molar-refractivity contribution < 1.29 is 23.8 Å². The zero-order valence-electron chi connectivity index (χ0n) is 15.6. The molecule has 0 heterocycles. The van der Waals surface area contributed by atoms with Gasteiger partial charge in [-0.1, -0.05) is 0 Å². The summed E-state index contributed by atoms with van der Waals surface area (Å²) in [4.78, 5) is 24.2. The van der Waals surface area contributed by atoms with E-state index in [0.717, 1.165) is 5.69 Å². The Morgan fingerprint density at radius 1 is 1.08 bits per heavy atom. The first-order valence-corrected chi connectivity index (χ1v) is 8.20. The van der Waals surface area contributed by atoms with Gasteiger partial charge in [0.15, 0.2) is 0 Å². The average Bonchev–Trinajstić information content (AvgIpc) is 2.49. The molecule has 0 aromatic heterocycles. The molecule has 1 aromatic carbocycles. The van der Waals surface area contributed by atoms with E-state index in [0.29, 0.717) is 32.1 Å². The zero-order valence-corrected chi connectivity index (χ0v) is 15.6. The molecule has 2 amide bonds. The van der Waals surface area contributed by atoms with E-state index in [1.54, 1.807) is 31.3 Å². The third-order valence-electron chi connectivity index (χ3n) is 2.95. The maximum Gasteiger partial charge on any atom is 0.410 e. The van der Waals surface area contributed by atoms with E-state index in [1.165, 1.54) is 11.8 Å². The summed E-state index contributed by atoms with van der Waals surface area (Å²) in [5.74, 6) is 0.585. The van der Waals surface area contributed by atoms with E-state index < -0.39 is 5.60 Å². The van der Waals surface area contributed by atoms with Crippen LogP contribution < -0.4 is 10.1 Å². The lowest BCUT2D eigenvalue weighted by molar-refractivity contribution is -0.114.